The quantitative estimate of drug-likeness (QED) is 0.837. The second-order valence-electron chi connectivity index (χ2n) is 5.87. The topological polar surface area (TPSA) is 84.1 Å². The second-order valence-corrected chi connectivity index (χ2v) is 5.87. The van der Waals surface area contributed by atoms with E-state index in [1.165, 1.54) is 12.1 Å². The number of carbonyl (C=O) groups is 1. The first-order valence-electron chi connectivity index (χ1n) is 7.97. The number of carbonyl (C=O) groups excluding carboxylic acids is 1. The van der Waals surface area contributed by atoms with Gasteiger partial charge in [-0.05, 0) is 42.7 Å². The average molecular weight is 329 g/mol. The molecule has 2 aromatic rings. The van der Waals surface area contributed by atoms with E-state index >= 15 is 0 Å². The van der Waals surface area contributed by atoms with Gasteiger partial charge in [0.2, 0.25) is 5.91 Å². The number of amides is 1. The fourth-order valence-electron chi connectivity index (χ4n) is 3.09. The molecule has 126 valence electrons. The summed E-state index contributed by atoms with van der Waals surface area (Å²) in [6.45, 7) is 1.49. The van der Waals surface area contributed by atoms with Crippen LogP contribution < -0.4 is 16.0 Å². The Morgan fingerprint density at radius 1 is 1.38 bits per heavy atom. The van der Waals surface area contributed by atoms with Crippen LogP contribution >= 0.6 is 0 Å². The van der Waals surface area contributed by atoms with Crippen LogP contribution in [0.5, 0.6) is 0 Å². The van der Waals surface area contributed by atoms with Crippen molar-refractivity contribution in [3.05, 3.63) is 54.0 Å². The van der Waals surface area contributed by atoms with Crippen molar-refractivity contribution in [1.82, 2.24) is 15.5 Å². The maximum atomic E-state index is 13.1. The van der Waals surface area contributed by atoms with Crippen molar-refractivity contribution in [2.45, 2.75) is 24.9 Å². The fourth-order valence-corrected chi connectivity index (χ4v) is 3.09. The van der Waals surface area contributed by atoms with Crippen LogP contribution in [0.1, 0.15) is 24.4 Å². The molecular formula is C17H20FN5O. The molecule has 0 spiro atoms. The van der Waals surface area contributed by atoms with Gasteiger partial charge in [-0.2, -0.15) is 5.10 Å². The van der Waals surface area contributed by atoms with E-state index in [0.29, 0.717) is 12.1 Å². The van der Waals surface area contributed by atoms with Crippen LogP contribution in [0, 0.1) is 5.82 Å². The van der Waals surface area contributed by atoms with Gasteiger partial charge in [0, 0.05) is 25.3 Å². The van der Waals surface area contributed by atoms with E-state index in [4.69, 9.17) is 5.73 Å². The molecule has 3 N–H and O–H groups in total. The third-order valence-electron chi connectivity index (χ3n) is 4.28. The molecule has 1 fully saturated rings. The molecule has 1 aliphatic heterocycles. The Morgan fingerprint density at radius 3 is 2.83 bits per heavy atom. The number of aromatic nitrogens is 2. The summed E-state index contributed by atoms with van der Waals surface area (Å²) in [5.74, 6) is 0.0106. The zero-order valence-electron chi connectivity index (χ0n) is 13.2. The summed E-state index contributed by atoms with van der Waals surface area (Å²) in [6, 6.07) is 9.16. The number of hydrogen-bond acceptors (Lipinski definition) is 5. The van der Waals surface area contributed by atoms with Crippen molar-refractivity contribution >= 4 is 11.7 Å². The van der Waals surface area contributed by atoms with Crippen LogP contribution in [0.3, 0.4) is 0 Å². The number of nitrogens with two attached hydrogens (primary N) is 1. The lowest BCUT2D eigenvalue weighted by atomic mass is 10.1. The summed E-state index contributed by atoms with van der Waals surface area (Å²) in [7, 11) is 0. The lowest BCUT2D eigenvalue weighted by Gasteiger charge is -2.27. The third kappa shape index (κ3) is 3.68. The molecule has 0 aliphatic carbocycles. The molecule has 1 aromatic heterocycles. The molecule has 0 radical (unpaired) electrons. The fraction of sp³-hybridized carbons (Fsp3) is 0.353. The van der Waals surface area contributed by atoms with Crippen LogP contribution in [0.25, 0.3) is 0 Å². The molecule has 3 rings (SSSR count). The van der Waals surface area contributed by atoms with Crippen LogP contribution in [0.15, 0.2) is 42.6 Å². The molecule has 2 atom stereocenters. The molecule has 6 nitrogen and oxygen atoms in total. The highest BCUT2D eigenvalue weighted by Crippen LogP contribution is 2.23. The molecule has 1 aliphatic rings. The SMILES string of the molecule is NC(=O)[C@@H](NC[C@H]1CCCN1c1cccnn1)c1ccc(F)cc1. The van der Waals surface area contributed by atoms with Gasteiger partial charge in [-0.25, -0.2) is 4.39 Å². The maximum absolute atomic E-state index is 13.1. The minimum absolute atomic E-state index is 0.212. The number of anilines is 1. The van der Waals surface area contributed by atoms with E-state index in [1.54, 1.807) is 18.3 Å². The second kappa shape index (κ2) is 7.35. The molecule has 1 amide bonds. The van der Waals surface area contributed by atoms with Crippen molar-refractivity contribution < 1.29 is 9.18 Å². The van der Waals surface area contributed by atoms with Gasteiger partial charge in [0.15, 0.2) is 5.82 Å². The van der Waals surface area contributed by atoms with Crippen LogP contribution in [0.4, 0.5) is 10.2 Å². The average Bonchev–Trinajstić information content (AvgIpc) is 3.06. The van der Waals surface area contributed by atoms with Crippen molar-refractivity contribution in [2.24, 2.45) is 5.73 Å². The van der Waals surface area contributed by atoms with Crippen LogP contribution in [-0.2, 0) is 4.79 Å². The van der Waals surface area contributed by atoms with Gasteiger partial charge in [-0.3, -0.25) is 4.79 Å². The van der Waals surface area contributed by atoms with E-state index in [2.05, 4.69) is 20.4 Å². The molecule has 1 aromatic carbocycles. The van der Waals surface area contributed by atoms with Crippen molar-refractivity contribution in [2.75, 3.05) is 18.0 Å². The van der Waals surface area contributed by atoms with Gasteiger partial charge in [0.1, 0.15) is 11.9 Å². The van der Waals surface area contributed by atoms with Gasteiger partial charge >= 0.3 is 0 Å². The predicted octanol–water partition coefficient (Wildman–Crippen LogP) is 1.40. The molecule has 0 bridgehead atoms. The largest absolute Gasteiger partial charge is 0.368 e. The highest BCUT2D eigenvalue weighted by Gasteiger charge is 2.27. The third-order valence-corrected chi connectivity index (χ3v) is 4.28. The summed E-state index contributed by atoms with van der Waals surface area (Å²) in [5, 5.41) is 11.3. The molecule has 0 saturated carbocycles. The Balaban J connectivity index is 1.68. The summed E-state index contributed by atoms with van der Waals surface area (Å²) < 4.78 is 13.1. The standard InChI is InChI=1S/C17H20FN5O/c18-13-7-5-12(6-8-13)16(17(19)24)20-11-14-3-2-10-23(14)15-4-1-9-21-22-15/h1,4-9,14,16,20H,2-3,10-11H2,(H2,19,24)/t14-,16+/m1/s1. The zero-order chi connectivity index (χ0) is 16.9. The number of nitrogens with one attached hydrogen (secondary N) is 1. The monoisotopic (exact) mass is 329 g/mol. The minimum Gasteiger partial charge on any atom is -0.368 e. The Bertz CT molecular complexity index is 679. The van der Waals surface area contributed by atoms with Crippen LogP contribution in [-0.4, -0.2) is 35.2 Å². The number of primary amides is 1. The van der Waals surface area contributed by atoms with Gasteiger partial charge < -0.3 is 16.0 Å². The molecular weight excluding hydrogens is 309 g/mol. The van der Waals surface area contributed by atoms with Crippen molar-refractivity contribution in [1.29, 1.82) is 0 Å². The smallest absolute Gasteiger partial charge is 0.239 e. The highest BCUT2D eigenvalue weighted by atomic mass is 19.1. The van der Waals surface area contributed by atoms with Crippen molar-refractivity contribution in [3.8, 4) is 0 Å². The van der Waals surface area contributed by atoms with Gasteiger partial charge in [0.05, 0.1) is 0 Å². The van der Waals surface area contributed by atoms with Gasteiger partial charge in [0.25, 0.3) is 0 Å². The van der Waals surface area contributed by atoms with E-state index in [-0.39, 0.29) is 11.9 Å². The summed E-state index contributed by atoms with van der Waals surface area (Å²) in [4.78, 5) is 14.0. The lowest BCUT2D eigenvalue weighted by molar-refractivity contribution is -0.120. The lowest BCUT2D eigenvalue weighted by Crippen LogP contribution is -2.43. The first-order chi connectivity index (χ1) is 11.6. The van der Waals surface area contributed by atoms with E-state index in [1.807, 2.05) is 12.1 Å². The highest BCUT2D eigenvalue weighted by molar-refractivity contribution is 5.81. The number of halogens is 1. The summed E-state index contributed by atoms with van der Waals surface area (Å²) in [6.07, 6.45) is 3.70. The molecule has 0 unspecified atom stereocenters. The molecule has 2 heterocycles. The number of rotatable bonds is 6. The maximum Gasteiger partial charge on any atom is 0.239 e. The van der Waals surface area contributed by atoms with Crippen molar-refractivity contribution in [3.63, 3.8) is 0 Å². The molecule has 24 heavy (non-hydrogen) atoms. The van der Waals surface area contributed by atoms with E-state index < -0.39 is 11.9 Å². The number of nitrogens with zero attached hydrogens (tertiary/aromatic N) is 3. The first-order valence-corrected chi connectivity index (χ1v) is 7.97. The van der Waals surface area contributed by atoms with Gasteiger partial charge in [-0.15, -0.1) is 5.10 Å². The number of hydrogen-bond donors (Lipinski definition) is 2. The molecule has 1 saturated heterocycles. The Kier molecular flexibility index (Phi) is 5.00. The molecule has 7 heteroatoms. The minimum atomic E-state index is -0.644. The normalized spacial score (nSPS) is 18.5. The number of benzene rings is 1. The Morgan fingerprint density at radius 2 is 2.17 bits per heavy atom. The van der Waals surface area contributed by atoms with E-state index in [9.17, 15) is 9.18 Å². The van der Waals surface area contributed by atoms with Gasteiger partial charge in [-0.1, -0.05) is 12.1 Å². The summed E-state index contributed by atoms with van der Waals surface area (Å²) >= 11 is 0. The Hall–Kier alpha value is -2.54. The Labute approximate surface area is 139 Å². The summed E-state index contributed by atoms with van der Waals surface area (Å²) in [5.41, 5.74) is 6.17. The van der Waals surface area contributed by atoms with Crippen LogP contribution in [0.2, 0.25) is 0 Å². The van der Waals surface area contributed by atoms with E-state index in [0.717, 1.165) is 25.2 Å². The zero-order valence-corrected chi connectivity index (χ0v) is 13.2. The predicted molar refractivity (Wildman–Crippen MR) is 88.7 cm³/mol. The first kappa shape index (κ1) is 16.3.